The SMILES string of the molecule is CC(CO)C1CCC(C)(C2CCCCC2)CC1O. The molecule has 0 aromatic rings. The van der Waals surface area contributed by atoms with Crippen LogP contribution in [-0.4, -0.2) is 22.9 Å². The average Bonchev–Trinajstić information content (AvgIpc) is 2.39. The van der Waals surface area contributed by atoms with Crippen LogP contribution in [0.2, 0.25) is 0 Å². The fourth-order valence-electron chi connectivity index (χ4n) is 4.39. The summed E-state index contributed by atoms with van der Waals surface area (Å²) in [5, 5.41) is 19.7. The van der Waals surface area contributed by atoms with E-state index in [1.165, 1.54) is 38.5 Å². The molecule has 18 heavy (non-hydrogen) atoms. The maximum absolute atomic E-state index is 10.4. The van der Waals surface area contributed by atoms with E-state index in [0.717, 1.165) is 18.8 Å². The zero-order valence-electron chi connectivity index (χ0n) is 12.1. The summed E-state index contributed by atoms with van der Waals surface area (Å²) in [4.78, 5) is 0. The summed E-state index contributed by atoms with van der Waals surface area (Å²) in [5.74, 6) is 1.38. The highest BCUT2D eigenvalue weighted by Crippen LogP contribution is 2.50. The second-order valence-corrected chi connectivity index (χ2v) is 7.12. The van der Waals surface area contributed by atoms with E-state index in [-0.39, 0.29) is 18.6 Å². The van der Waals surface area contributed by atoms with Crippen molar-refractivity contribution in [2.24, 2.45) is 23.2 Å². The lowest BCUT2D eigenvalue weighted by Gasteiger charge is -2.48. The Hall–Kier alpha value is -0.0800. The van der Waals surface area contributed by atoms with Crippen molar-refractivity contribution in [3.8, 4) is 0 Å². The van der Waals surface area contributed by atoms with Gasteiger partial charge < -0.3 is 10.2 Å². The molecule has 2 nitrogen and oxygen atoms in total. The maximum atomic E-state index is 10.4. The van der Waals surface area contributed by atoms with Gasteiger partial charge in [-0.3, -0.25) is 0 Å². The predicted molar refractivity (Wildman–Crippen MR) is 74.3 cm³/mol. The fourth-order valence-corrected chi connectivity index (χ4v) is 4.39. The molecule has 2 N–H and O–H groups in total. The van der Waals surface area contributed by atoms with Gasteiger partial charge in [-0.15, -0.1) is 0 Å². The lowest BCUT2D eigenvalue weighted by atomic mass is 9.59. The average molecular weight is 254 g/mol. The van der Waals surface area contributed by atoms with E-state index in [4.69, 9.17) is 0 Å². The molecule has 0 spiro atoms. The molecule has 0 bridgehead atoms. The standard InChI is InChI=1S/C16H30O2/c1-12(11-17)14-8-9-16(2,10-15(14)18)13-6-4-3-5-7-13/h12-15,17-18H,3-11H2,1-2H3. The Balaban J connectivity index is 1.97. The second kappa shape index (κ2) is 5.92. The lowest BCUT2D eigenvalue weighted by molar-refractivity contribution is -0.0506. The highest BCUT2D eigenvalue weighted by molar-refractivity contribution is 4.93. The van der Waals surface area contributed by atoms with Gasteiger partial charge in [0, 0.05) is 6.61 Å². The molecule has 0 amide bonds. The highest BCUT2D eigenvalue weighted by atomic mass is 16.3. The molecular weight excluding hydrogens is 224 g/mol. The number of hydrogen-bond acceptors (Lipinski definition) is 2. The highest BCUT2D eigenvalue weighted by Gasteiger charge is 2.43. The van der Waals surface area contributed by atoms with Gasteiger partial charge in [-0.25, -0.2) is 0 Å². The monoisotopic (exact) mass is 254 g/mol. The van der Waals surface area contributed by atoms with Crippen molar-refractivity contribution in [3.05, 3.63) is 0 Å². The summed E-state index contributed by atoms with van der Waals surface area (Å²) >= 11 is 0. The van der Waals surface area contributed by atoms with Crippen molar-refractivity contribution in [3.63, 3.8) is 0 Å². The first-order valence-corrected chi connectivity index (χ1v) is 7.86. The molecule has 2 aliphatic carbocycles. The Morgan fingerprint density at radius 3 is 2.39 bits per heavy atom. The van der Waals surface area contributed by atoms with Crippen molar-refractivity contribution in [1.29, 1.82) is 0 Å². The van der Waals surface area contributed by atoms with Crippen molar-refractivity contribution in [2.45, 2.75) is 71.3 Å². The van der Waals surface area contributed by atoms with Crippen LogP contribution in [0.3, 0.4) is 0 Å². The summed E-state index contributed by atoms with van der Waals surface area (Å²) in [6.45, 7) is 4.67. The third-order valence-electron chi connectivity index (χ3n) is 5.83. The molecule has 4 unspecified atom stereocenters. The van der Waals surface area contributed by atoms with Crippen LogP contribution >= 0.6 is 0 Å². The van der Waals surface area contributed by atoms with Crippen molar-refractivity contribution in [2.75, 3.05) is 6.61 Å². The Morgan fingerprint density at radius 1 is 1.17 bits per heavy atom. The van der Waals surface area contributed by atoms with Crippen molar-refractivity contribution >= 4 is 0 Å². The minimum atomic E-state index is -0.201. The summed E-state index contributed by atoms with van der Waals surface area (Å²) in [6.07, 6.45) is 9.98. The van der Waals surface area contributed by atoms with Gasteiger partial charge in [0.2, 0.25) is 0 Å². The summed E-state index contributed by atoms with van der Waals surface area (Å²) in [7, 11) is 0. The third-order valence-corrected chi connectivity index (χ3v) is 5.83. The van der Waals surface area contributed by atoms with E-state index in [2.05, 4.69) is 13.8 Å². The van der Waals surface area contributed by atoms with E-state index in [0.29, 0.717) is 11.3 Å². The zero-order chi connectivity index (χ0) is 13.2. The summed E-state index contributed by atoms with van der Waals surface area (Å²) in [5.41, 5.74) is 0.353. The van der Waals surface area contributed by atoms with Crippen LogP contribution in [0.5, 0.6) is 0 Å². The van der Waals surface area contributed by atoms with Gasteiger partial charge in [0.15, 0.2) is 0 Å². The van der Waals surface area contributed by atoms with E-state index in [9.17, 15) is 10.2 Å². The van der Waals surface area contributed by atoms with Crippen molar-refractivity contribution < 1.29 is 10.2 Å². The quantitative estimate of drug-likeness (QED) is 0.810. The van der Waals surface area contributed by atoms with Crippen LogP contribution in [0.25, 0.3) is 0 Å². The maximum Gasteiger partial charge on any atom is 0.0577 e. The van der Waals surface area contributed by atoms with Gasteiger partial charge in [0.05, 0.1) is 6.10 Å². The van der Waals surface area contributed by atoms with Gasteiger partial charge in [-0.2, -0.15) is 0 Å². The van der Waals surface area contributed by atoms with E-state index >= 15 is 0 Å². The van der Waals surface area contributed by atoms with Gasteiger partial charge in [-0.1, -0.05) is 33.1 Å². The normalized spacial score (nSPS) is 40.7. The van der Waals surface area contributed by atoms with Crippen LogP contribution in [0.1, 0.15) is 65.2 Å². The Kier molecular flexibility index (Phi) is 4.71. The minimum absolute atomic E-state index is 0.201. The molecular formula is C16H30O2. The van der Waals surface area contributed by atoms with Gasteiger partial charge >= 0.3 is 0 Å². The van der Waals surface area contributed by atoms with Gasteiger partial charge in [0.25, 0.3) is 0 Å². The molecule has 0 aromatic carbocycles. The van der Waals surface area contributed by atoms with E-state index < -0.39 is 0 Å². The first-order valence-electron chi connectivity index (χ1n) is 7.86. The Labute approximate surface area is 112 Å². The lowest BCUT2D eigenvalue weighted by Crippen LogP contribution is -2.43. The molecule has 0 aliphatic heterocycles. The molecule has 2 saturated carbocycles. The minimum Gasteiger partial charge on any atom is -0.396 e. The predicted octanol–water partition coefficient (Wildman–Crippen LogP) is 3.36. The van der Waals surface area contributed by atoms with Crippen LogP contribution in [0, 0.1) is 23.2 Å². The Morgan fingerprint density at radius 2 is 1.83 bits per heavy atom. The fraction of sp³-hybridized carbons (Fsp3) is 1.00. The molecule has 0 heterocycles. The Bertz CT molecular complexity index is 260. The van der Waals surface area contributed by atoms with Crippen LogP contribution in [0.4, 0.5) is 0 Å². The molecule has 0 saturated heterocycles. The summed E-state index contributed by atoms with van der Waals surface area (Å²) < 4.78 is 0. The van der Waals surface area contributed by atoms with Crippen LogP contribution in [-0.2, 0) is 0 Å². The molecule has 2 fully saturated rings. The van der Waals surface area contributed by atoms with E-state index in [1.54, 1.807) is 0 Å². The number of hydrogen-bond donors (Lipinski definition) is 2. The molecule has 2 aliphatic rings. The molecule has 0 aromatic heterocycles. The molecule has 106 valence electrons. The number of rotatable bonds is 3. The second-order valence-electron chi connectivity index (χ2n) is 7.12. The first-order chi connectivity index (χ1) is 8.57. The number of aliphatic hydroxyl groups excluding tert-OH is 2. The van der Waals surface area contributed by atoms with E-state index in [1.807, 2.05) is 0 Å². The smallest absolute Gasteiger partial charge is 0.0577 e. The molecule has 2 heteroatoms. The van der Waals surface area contributed by atoms with Crippen LogP contribution < -0.4 is 0 Å². The van der Waals surface area contributed by atoms with Crippen molar-refractivity contribution in [1.82, 2.24) is 0 Å². The molecule has 2 rings (SSSR count). The van der Waals surface area contributed by atoms with Gasteiger partial charge in [0.1, 0.15) is 0 Å². The number of aliphatic hydroxyl groups is 2. The zero-order valence-corrected chi connectivity index (χ0v) is 12.1. The molecule has 0 radical (unpaired) electrons. The first kappa shape index (κ1) is 14.3. The van der Waals surface area contributed by atoms with Gasteiger partial charge in [-0.05, 0) is 55.3 Å². The van der Waals surface area contributed by atoms with Crippen LogP contribution in [0.15, 0.2) is 0 Å². The largest absolute Gasteiger partial charge is 0.396 e. The molecule has 4 atom stereocenters. The third kappa shape index (κ3) is 2.91. The summed E-state index contributed by atoms with van der Waals surface area (Å²) in [6, 6.07) is 0. The topological polar surface area (TPSA) is 40.5 Å².